The minimum Gasteiger partial charge on any atom is -0.464 e. The third kappa shape index (κ3) is 4.82. The lowest BCUT2D eigenvalue weighted by Crippen LogP contribution is -2.35. The predicted molar refractivity (Wildman–Crippen MR) is 83.9 cm³/mol. The van der Waals surface area contributed by atoms with E-state index in [0.717, 1.165) is 0 Å². The molecule has 0 aliphatic rings. The number of carbonyl (C=O) groups is 2. The Morgan fingerprint density at radius 1 is 1.35 bits per heavy atom. The molecule has 122 valence electrons. The molecule has 7 heteroatoms. The molecular formula is C16H17ClN2O4. The Balaban J connectivity index is 2.12. The number of aromatic nitrogens is 1. The summed E-state index contributed by atoms with van der Waals surface area (Å²) in [5.41, 5.74) is 1.09. The van der Waals surface area contributed by atoms with Crippen molar-refractivity contribution in [3.8, 4) is 0 Å². The first-order valence-electron chi connectivity index (χ1n) is 7.13. The van der Waals surface area contributed by atoms with Crippen LogP contribution in [0.1, 0.15) is 30.0 Å². The number of benzene rings is 1. The van der Waals surface area contributed by atoms with Crippen LogP contribution in [-0.2, 0) is 20.7 Å². The lowest BCUT2D eigenvalue weighted by Gasteiger charge is -2.17. The Hall–Kier alpha value is -2.34. The molecule has 1 heterocycles. The minimum atomic E-state index is -0.896. The fraction of sp³-hybridized carbons (Fsp3) is 0.312. The van der Waals surface area contributed by atoms with Crippen LogP contribution in [0.2, 0.25) is 5.02 Å². The van der Waals surface area contributed by atoms with Crippen LogP contribution in [0, 0.1) is 6.92 Å². The summed E-state index contributed by atoms with van der Waals surface area (Å²) in [6, 6.07) is 7.41. The Morgan fingerprint density at radius 3 is 2.61 bits per heavy atom. The molecule has 1 aromatic carbocycles. The van der Waals surface area contributed by atoms with Gasteiger partial charge in [0.25, 0.3) is 0 Å². The van der Waals surface area contributed by atoms with Gasteiger partial charge >= 0.3 is 5.97 Å². The highest BCUT2D eigenvalue weighted by Crippen LogP contribution is 2.18. The van der Waals surface area contributed by atoms with Gasteiger partial charge in [0.05, 0.1) is 18.7 Å². The van der Waals surface area contributed by atoms with E-state index >= 15 is 0 Å². The third-order valence-electron chi connectivity index (χ3n) is 3.05. The Kier molecular flexibility index (Phi) is 5.76. The van der Waals surface area contributed by atoms with E-state index in [1.165, 1.54) is 0 Å². The Bertz CT molecular complexity index is 682. The maximum atomic E-state index is 12.2. The second-order valence-electron chi connectivity index (χ2n) is 4.91. The van der Waals surface area contributed by atoms with Crippen LogP contribution in [-0.4, -0.2) is 23.6 Å². The van der Waals surface area contributed by atoms with Crippen molar-refractivity contribution in [3.63, 3.8) is 0 Å². The molecule has 1 N–H and O–H groups in total. The molecule has 1 amide bonds. The maximum absolute atomic E-state index is 12.2. The normalized spacial score (nSPS) is 11.8. The van der Waals surface area contributed by atoms with Gasteiger partial charge in [0.1, 0.15) is 5.76 Å². The number of aryl methyl sites for hydroxylation is 1. The molecule has 0 fully saturated rings. The van der Waals surface area contributed by atoms with E-state index in [4.69, 9.17) is 20.9 Å². The summed E-state index contributed by atoms with van der Waals surface area (Å²) in [5.74, 6) is -0.266. The van der Waals surface area contributed by atoms with Crippen molar-refractivity contribution in [1.29, 1.82) is 0 Å². The largest absolute Gasteiger partial charge is 0.464 e. The number of hydrogen-bond donors (Lipinski definition) is 1. The van der Waals surface area contributed by atoms with Gasteiger partial charge in [-0.15, -0.1) is 0 Å². The summed E-state index contributed by atoms with van der Waals surface area (Å²) in [5, 5.41) is 6.96. The van der Waals surface area contributed by atoms with E-state index in [9.17, 15) is 9.59 Å². The number of halogens is 1. The summed E-state index contributed by atoms with van der Waals surface area (Å²) in [6.07, 6.45) is 0.0147. The van der Waals surface area contributed by atoms with Gasteiger partial charge in [-0.1, -0.05) is 28.9 Å². The van der Waals surface area contributed by atoms with Gasteiger partial charge in [0.2, 0.25) is 5.91 Å². The number of hydrogen-bond acceptors (Lipinski definition) is 5. The quantitative estimate of drug-likeness (QED) is 0.820. The van der Waals surface area contributed by atoms with Crippen molar-refractivity contribution in [2.75, 3.05) is 6.61 Å². The molecule has 2 aromatic rings. The number of amides is 1. The van der Waals surface area contributed by atoms with E-state index in [1.807, 2.05) is 0 Å². The molecule has 0 saturated heterocycles. The first kappa shape index (κ1) is 17.0. The molecule has 6 nitrogen and oxygen atoms in total. The van der Waals surface area contributed by atoms with Crippen LogP contribution in [0.4, 0.5) is 0 Å². The number of nitrogens with zero attached hydrogens (tertiary/aromatic N) is 1. The van der Waals surface area contributed by atoms with Gasteiger partial charge < -0.3 is 14.6 Å². The molecule has 1 unspecified atom stereocenters. The zero-order chi connectivity index (χ0) is 16.8. The highest BCUT2D eigenvalue weighted by Gasteiger charge is 2.24. The zero-order valence-corrected chi connectivity index (χ0v) is 13.6. The maximum Gasteiger partial charge on any atom is 0.333 e. The summed E-state index contributed by atoms with van der Waals surface area (Å²) in [6.45, 7) is 3.67. The average Bonchev–Trinajstić information content (AvgIpc) is 2.91. The number of ether oxygens (including phenoxy) is 1. The number of nitrogens with one attached hydrogen (secondary N) is 1. The smallest absolute Gasteiger partial charge is 0.333 e. The highest BCUT2D eigenvalue weighted by molar-refractivity contribution is 6.30. The van der Waals surface area contributed by atoms with E-state index in [2.05, 4.69) is 10.5 Å². The van der Waals surface area contributed by atoms with Gasteiger partial charge in [-0.05, 0) is 31.5 Å². The fourth-order valence-electron chi connectivity index (χ4n) is 2.04. The lowest BCUT2D eigenvalue weighted by atomic mass is 10.1. The first-order chi connectivity index (χ1) is 11.0. The molecule has 0 spiro atoms. The van der Waals surface area contributed by atoms with Crippen LogP contribution >= 0.6 is 11.6 Å². The average molecular weight is 337 g/mol. The number of rotatable bonds is 6. The number of carbonyl (C=O) groups excluding carboxylic acids is 2. The van der Waals surface area contributed by atoms with Crippen LogP contribution < -0.4 is 5.32 Å². The molecular weight excluding hydrogens is 320 g/mol. The van der Waals surface area contributed by atoms with Crippen molar-refractivity contribution >= 4 is 23.5 Å². The molecule has 0 aliphatic carbocycles. The van der Waals surface area contributed by atoms with Crippen molar-refractivity contribution in [3.05, 3.63) is 52.4 Å². The summed E-state index contributed by atoms with van der Waals surface area (Å²) in [4.78, 5) is 24.3. The van der Waals surface area contributed by atoms with E-state index in [1.54, 1.807) is 44.2 Å². The molecule has 0 aliphatic heterocycles. The van der Waals surface area contributed by atoms with Crippen LogP contribution in [0.3, 0.4) is 0 Å². The second kappa shape index (κ2) is 7.78. The number of esters is 1. The van der Waals surface area contributed by atoms with Gasteiger partial charge in [-0.3, -0.25) is 4.79 Å². The van der Waals surface area contributed by atoms with Gasteiger partial charge in [-0.2, -0.15) is 0 Å². The van der Waals surface area contributed by atoms with E-state index < -0.39 is 12.0 Å². The first-order valence-corrected chi connectivity index (χ1v) is 7.51. The third-order valence-corrected chi connectivity index (χ3v) is 3.30. The Morgan fingerprint density at radius 2 is 2.04 bits per heavy atom. The molecule has 1 aromatic heterocycles. The monoisotopic (exact) mass is 336 g/mol. The van der Waals surface area contributed by atoms with Gasteiger partial charge in [0.15, 0.2) is 6.04 Å². The summed E-state index contributed by atoms with van der Waals surface area (Å²) >= 11 is 5.85. The molecule has 23 heavy (non-hydrogen) atoms. The lowest BCUT2D eigenvalue weighted by molar-refractivity contribution is -0.147. The van der Waals surface area contributed by atoms with Crippen molar-refractivity contribution in [1.82, 2.24) is 10.5 Å². The zero-order valence-electron chi connectivity index (χ0n) is 12.8. The van der Waals surface area contributed by atoms with Crippen LogP contribution in [0.15, 0.2) is 34.9 Å². The summed E-state index contributed by atoms with van der Waals surface area (Å²) < 4.78 is 9.94. The standard InChI is InChI=1S/C16H17ClN2O4/c1-3-22-16(21)15(11-4-6-12(17)7-5-11)18-14(20)9-13-8-10(2)23-19-13/h4-8,15H,3,9H2,1-2H3,(H,18,20). The molecule has 0 saturated carbocycles. The Labute approximate surface area is 138 Å². The topological polar surface area (TPSA) is 81.4 Å². The van der Waals surface area contributed by atoms with Crippen LogP contribution in [0.5, 0.6) is 0 Å². The van der Waals surface area contributed by atoms with Crippen molar-refractivity contribution < 1.29 is 18.8 Å². The molecule has 0 radical (unpaired) electrons. The minimum absolute atomic E-state index is 0.0147. The molecule has 1 atom stereocenters. The van der Waals surface area contributed by atoms with Crippen LogP contribution in [0.25, 0.3) is 0 Å². The SMILES string of the molecule is CCOC(=O)C(NC(=O)Cc1cc(C)on1)c1ccc(Cl)cc1. The molecule has 0 bridgehead atoms. The second-order valence-corrected chi connectivity index (χ2v) is 5.35. The van der Waals surface area contributed by atoms with Crippen molar-refractivity contribution in [2.24, 2.45) is 0 Å². The van der Waals surface area contributed by atoms with E-state index in [-0.39, 0.29) is 18.9 Å². The predicted octanol–water partition coefficient (Wildman–Crippen LogP) is 2.60. The highest BCUT2D eigenvalue weighted by atomic mass is 35.5. The van der Waals surface area contributed by atoms with Crippen molar-refractivity contribution in [2.45, 2.75) is 26.3 Å². The van der Waals surface area contributed by atoms with E-state index in [0.29, 0.717) is 22.0 Å². The van der Waals surface area contributed by atoms with Gasteiger partial charge in [0, 0.05) is 11.1 Å². The molecule has 2 rings (SSSR count). The fourth-order valence-corrected chi connectivity index (χ4v) is 2.16. The summed E-state index contributed by atoms with van der Waals surface area (Å²) in [7, 11) is 0. The van der Waals surface area contributed by atoms with Gasteiger partial charge in [-0.25, -0.2) is 4.79 Å².